The normalized spacial score (nSPS) is 10.0. The number of pyridine rings is 1. The van der Waals surface area contributed by atoms with Crippen LogP contribution in [0.1, 0.15) is 23.0 Å². The fraction of sp³-hybridized carbons (Fsp3) is 0.222. The summed E-state index contributed by atoms with van der Waals surface area (Å²) in [5, 5.41) is 2.72. The fourth-order valence-corrected chi connectivity index (χ4v) is 2.19. The van der Waals surface area contributed by atoms with Crippen molar-refractivity contribution < 1.29 is 19.1 Å². The van der Waals surface area contributed by atoms with E-state index < -0.39 is 5.97 Å². The summed E-state index contributed by atoms with van der Waals surface area (Å²) in [6, 6.07) is 11.8. The van der Waals surface area contributed by atoms with Crippen molar-refractivity contribution >= 4 is 23.5 Å². The molecule has 0 saturated carbocycles. The van der Waals surface area contributed by atoms with E-state index in [2.05, 4.69) is 15.0 Å². The van der Waals surface area contributed by atoms with E-state index in [9.17, 15) is 14.4 Å². The van der Waals surface area contributed by atoms with Gasteiger partial charge in [0, 0.05) is 18.8 Å². The van der Waals surface area contributed by atoms with Gasteiger partial charge in [-0.25, -0.2) is 4.79 Å². The van der Waals surface area contributed by atoms with E-state index in [4.69, 9.17) is 0 Å². The van der Waals surface area contributed by atoms with Crippen molar-refractivity contribution in [3.63, 3.8) is 0 Å². The number of methoxy groups -OCH3 is 1. The van der Waals surface area contributed by atoms with Gasteiger partial charge in [-0.15, -0.1) is 0 Å². The van der Waals surface area contributed by atoms with Crippen molar-refractivity contribution in [1.82, 2.24) is 10.3 Å². The van der Waals surface area contributed by atoms with Crippen LogP contribution in [-0.4, -0.2) is 36.4 Å². The molecule has 7 nitrogen and oxygen atoms in total. The van der Waals surface area contributed by atoms with E-state index in [0.717, 1.165) is 5.69 Å². The molecule has 7 heteroatoms. The highest BCUT2D eigenvalue weighted by atomic mass is 16.5. The van der Waals surface area contributed by atoms with Gasteiger partial charge >= 0.3 is 5.97 Å². The van der Waals surface area contributed by atoms with Gasteiger partial charge in [0.15, 0.2) is 0 Å². The van der Waals surface area contributed by atoms with Gasteiger partial charge in [-0.1, -0.05) is 12.1 Å². The van der Waals surface area contributed by atoms with E-state index in [0.29, 0.717) is 11.3 Å². The Kier molecular flexibility index (Phi) is 6.22. The lowest BCUT2D eigenvalue weighted by atomic mass is 10.2. The Morgan fingerprint density at radius 1 is 1.16 bits per heavy atom. The number of nitrogens with one attached hydrogen (secondary N) is 1. The number of nitrogens with zero attached hydrogens (tertiary/aromatic N) is 2. The van der Waals surface area contributed by atoms with Gasteiger partial charge in [0.1, 0.15) is 6.54 Å². The molecule has 1 aromatic carbocycles. The third kappa shape index (κ3) is 5.13. The van der Waals surface area contributed by atoms with Gasteiger partial charge < -0.3 is 15.0 Å². The second-order valence-corrected chi connectivity index (χ2v) is 5.24. The molecule has 1 aromatic heterocycles. The molecule has 2 rings (SSSR count). The van der Waals surface area contributed by atoms with Crippen molar-refractivity contribution in [1.29, 1.82) is 0 Å². The number of aromatic nitrogens is 1. The quantitative estimate of drug-likeness (QED) is 0.805. The largest absolute Gasteiger partial charge is 0.465 e. The van der Waals surface area contributed by atoms with Crippen molar-refractivity contribution in [3.8, 4) is 0 Å². The Bertz CT molecular complexity index is 762. The summed E-state index contributed by atoms with van der Waals surface area (Å²) < 4.78 is 4.67. The van der Waals surface area contributed by atoms with E-state index in [1.165, 1.54) is 25.0 Å². The minimum atomic E-state index is -0.509. The summed E-state index contributed by atoms with van der Waals surface area (Å²) in [5.74, 6) is -1.15. The number of esters is 1. The predicted octanol–water partition coefficient (Wildman–Crippen LogP) is 1.54. The van der Waals surface area contributed by atoms with Gasteiger partial charge in [-0.3, -0.25) is 14.6 Å². The summed E-state index contributed by atoms with van der Waals surface area (Å²) in [4.78, 5) is 41.1. The first kappa shape index (κ1) is 18.1. The first-order chi connectivity index (χ1) is 12.0. The Balaban J connectivity index is 2.06. The van der Waals surface area contributed by atoms with Crippen LogP contribution in [0.4, 0.5) is 5.69 Å². The van der Waals surface area contributed by atoms with Crippen LogP contribution in [0.25, 0.3) is 0 Å². The molecular weight excluding hydrogens is 322 g/mol. The van der Waals surface area contributed by atoms with Crippen molar-refractivity contribution in [2.45, 2.75) is 13.5 Å². The lowest BCUT2D eigenvalue weighted by Crippen LogP contribution is -2.39. The zero-order valence-corrected chi connectivity index (χ0v) is 14.1. The number of hydrogen-bond donors (Lipinski definition) is 1. The second-order valence-electron chi connectivity index (χ2n) is 5.24. The number of ether oxygens (including phenoxy) is 1. The zero-order chi connectivity index (χ0) is 18.2. The minimum Gasteiger partial charge on any atom is -0.465 e. The Morgan fingerprint density at radius 2 is 1.96 bits per heavy atom. The number of anilines is 1. The van der Waals surface area contributed by atoms with Crippen LogP contribution in [0.15, 0.2) is 48.7 Å². The van der Waals surface area contributed by atoms with Gasteiger partial charge in [-0.05, 0) is 30.3 Å². The molecule has 1 heterocycles. The highest BCUT2D eigenvalue weighted by Crippen LogP contribution is 2.17. The molecule has 2 aromatic rings. The van der Waals surface area contributed by atoms with Gasteiger partial charge in [0.05, 0.1) is 24.9 Å². The van der Waals surface area contributed by atoms with Gasteiger partial charge in [-0.2, -0.15) is 0 Å². The van der Waals surface area contributed by atoms with Gasteiger partial charge in [0.2, 0.25) is 11.8 Å². The molecule has 0 atom stereocenters. The zero-order valence-electron chi connectivity index (χ0n) is 14.1. The molecule has 130 valence electrons. The van der Waals surface area contributed by atoms with Crippen molar-refractivity contribution in [2.24, 2.45) is 0 Å². The summed E-state index contributed by atoms with van der Waals surface area (Å²) in [5.41, 5.74) is 1.47. The van der Waals surface area contributed by atoms with E-state index in [-0.39, 0.29) is 24.9 Å². The molecule has 0 aliphatic heterocycles. The number of amides is 2. The van der Waals surface area contributed by atoms with E-state index in [1.807, 2.05) is 6.07 Å². The third-order valence-electron chi connectivity index (χ3n) is 3.45. The third-order valence-corrected chi connectivity index (χ3v) is 3.45. The van der Waals surface area contributed by atoms with Crippen LogP contribution in [0.3, 0.4) is 0 Å². The summed E-state index contributed by atoms with van der Waals surface area (Å²) >= 11 is 0. The van der Waals surface area contributed by atoms with Crippen LogP contribution in [-0.2, 0) is 20.9 Å². The number of benzene rings is 1. The fourth-order valence-electron chi connectivity index (χ4n) is 2.19. The number of carbonyl (C=O) groups excluding carboxylic acids is 3. The molecule has 1 N–H and O–H groups in total. The van der Waals surface area contributed by atoms with E-state index >= 15 is 0 Å². The van der Waals surface area contributed by atoms with Crippen LogP contribution in [0.2, 0.25) is 0 Å². The molecular formula is C18H19N3O4. The Hall–Kier alpha value is -3.22. The summed E-state index contributed by atoms with van der Waals surface area (Å²) in [6.45, 7) is 1.47. The van der Waals surface area contributed by atoms with Crippen molar-refractivity contribution in [3.05, 3.63) is 59.9 Å². The topological polar surface area (TPSA) is 88.6 Å². The van der Waals surface area contributed by atoms with Gasteiger partial charge in [0.25, 0.3) is 0 Å². The molecule has 0 aliphatic rings. The molecule has 0 saturated heterocycles. The molecule has 0 unspecified atom stereocenters. The first-order valence-electron chi connectivity index (χ1n) is 7.64. The van der Waals surface area contributed by atoms with Crippen LogP contribution < -0.4 is 10.2 Å². The Morgan fingerprint density at radius 3 is 2.60 bits per heavy atom. The summed E-state index contributed by atoms with van der Waals surface area (Å²) in [6.07, 6.45) is 1.64. The average Bonchev–Trinajstić information content (AvgIpc) is 2.64. The molecule has 0 spiro atoms. The number of hydrogen-bond acceptors (Lipinski definition) is 5. The smallest absolute Gasteiger partial charge is 0.337 e. The standard InChI is InChI=1S/C18H19N3O4/c1-13(22)21(16-8-5-6-14(10-16)18(24)25-2)12-17(23)20-11-15-7-3-4-9-19-15/h3-10H,11-12H2,1-2H3,(H,20,23). The predicted molar refractivity (Wildman–Crippen MR) is 91.9 cm³/mol. The summed E-state index contributed by atoms with van der Waals surface area (Å²) in [7, 11) is 1.28. The van der Waals surface area contributed by atoms with Crippen molar-refractivity contribution in [2.75, 3.05) is 18.6 Å². The number of rotatable bonds is 6. The first-order valence-corrected chi connectivity index (χ1v) is 7.64. The molecule has 0 bridgehead atoms. The Labute approximate surface area is 145 Å². The highest BCUT2D eigenvalue weighted by Gasteiger charge is 2.17. The van der Waals surface area contributed by atoms with E-state index in [1.54, 1.807) is 36.5 Å². The lowest BCUT2D eigenvalue weighted by molar-refractivity contribution is -0.123. The maximum atomic E-state index is 12.2. The SMILES string of the molecule is COC(=O)c1cccc(N(CC(=O)NCc2ccccn2)C(C)=O)c1. The highest BCUT2D eigenvalue weighted by molar-refractivity contribution is 5.99. The lowest BCUT2D eigenvalue weighted by Gasteiger charge is -2.21. The number of carbonyl (C=O) groups is 3. The second kappa shape index (κ2) is 8.58. The molecule has 0 radical (unpaired) electrons. The van der Waals surface area contributed by atoms with Crippen LogP contribution in [0, 0.1) is 0 Å². The maximum absolute atomic E-state index is 12.2. The molecule has 2 amide bonds. The maximum Gasteiger partial charge on any atom is 0.337 e. The minimum absolute atomic E-state index is 0.160. The molecule has 0 aliphatic carbocycles. The van der Waals surface area contributed by atoms with Crippen LogP contribution >= 0.6 is 0 Å². The average molecular weight is 341 g/mol. The monoisotopic (exact) mass is 341 g/mol. The molecule has 25 heavy (non-hydrogen) atoms. The van der Waals surface area contributed by atoms with Crippen LogP contribution in [0.5, 0.6) is 0 Å². The molecule has 0 fully saturated rings.